The van der Waals surface area contributed by atoms with Crippen molar-refractivity contribution < 1.29 is 4.79 Å². The molecule has 1 atom stereocenters. The molecule has 7 heteroatoms. The van der Waals surface area contributed by atoms with Gasteiger partial charge in [-0.15, -0.1) is 21.5 Å². The third-order valence-electron chi connectivity index (χ3n) is 5.06. The molecule has 1 amide bonds. The van der Waals surface area contributed by atoms with Crippen LogP contribution in [0, 0.1) is 0 Å². The van der Waals surface area contributed by atoms with Crippen LogP contribution < -0.4 is 0 Å². The number of hydrogen-bond acceptors (Lipinski definition) is 5. The van der Waals surface area contributed by atoms with Gasteiger partial charge in [0.2, 0.25) is 5.91 Å². The van der Waals surface area contributed by atoms with Crippen molar-refractivity contribution in [3.63, 3.8) is 0 Å². The first-order valence-electron chi connectivity index (χ1n) is 9.19. The van der Waals surface area contributed by atoms with Gasteiger partial charge in [0, 0.05) is 18.6 Å². The Kier molecular flexibility index (Phi) is 5.12. The molecule has 3 heterocycles. The predicted molar refractivity (Wildman–Crippen MR) is 102 cm³/mol. The van der Waals surface area contributed by atoms with Crippen molar-refractivity contribution >= 4 is 29.0 Å². The molecule has 0 aromatic carbocycles. The number of thiophene rings is 1. The van der Waals surface area contributed by atoms with E-state index in [1.165, 1.54) is 19.3 Å². The quantitative estimate of drug-likeness (QED) is 0.708. The molecule has 0 spiro atoms. The number of rotatable bonds is 6. The average molecular weight is 377 g/mol. The number of carbonyl (C=O) groups excluding carboxylic acids is 1. The van der Waals surface area contributed by atoms with Gasteiger partial charge in [0.05, 0.1) is 10.6 Å². The molecule has 2 fully saturated rings. The Morgan fingerprint density at radius 2 is 2.20 bits per heavy atom. The fourth-order valence-corrected chi connectivity index (χ4v) is 5.17. The number of nitrogens with zero attached hydrogens (tertiary/aromatic N) is 4. The van der Waals surface area contributed by atoms with Crippen LogP contribution in [0.5, 0.6) is 0 Å². The summed E-state index contributed by atoms with van der Waals surface area (Å²) in [5.41, 5.74) is 0. The highest BCUT2D eigenvalue weighted by atomic mass is 32.2. The summed E-state index contributed by atoms with van der Waals surface area (Å²) in [6.45, 7) is 3.09. The van der Waals surface area contributed by atoms with Crippen molar-refractivity contribution in [2.45, 2.75) is 62.7 Å². The van der Waals surface area contributed by atoms with Crippen LogP contribution in [0.1, 0.15) is 51.5 Å². The first-order chi connectivity index (χ1) is 12.3. The van der Waals surface area contributed by atoms with Gasteiger partial charge in [-0.3, -0.25) is 9.36 Å². The third kappa shape index (κ3) is 3.62. The molecular weight excluding hydrogens is 352 g/mol. The number of likely N-dealkylation sites (tertiary alicyclic amines) is 1. The van der Waals surface area contributed by atoms with E-state index in [0.29, 0.717) is 17.8 Å². The second-order valence-corrected chi connectivity index (χ2v) is 8.71. The van der Waals surface area contributed by atoms with Crippen LogP contribution in [-0.2, 0) is 4.79 Å². The van der Waals surface area contributed by atoms with E-state index in [9.17, 15) is 4.79 Å². The number of thioether (sulfide) groups is 1. The van der Waals surface area contributed by atoms with Crippen LogP contribution in [0.15, 0.2) is 22.7 Å². The van der Waals surface area contributed by atoms with Crippen molar-refractivity contribution in [3.8, 4) is 10.7 Å². The molecule has 134 valence electrons. The lowest BCUT2D eigenvalue weighted by atomic mass is 10.0. The van der Waals surface area contributed by atoms with Crippen LogP contribution in [0.4, 0.5) is 0 Å². The molecule has 0 N–H and O–H groups in total. The van der Waals surface area contributed by atoms with E-state index in [4.69, 9.17) is 0 Å². The Bertz CT molecular complexity index is 724. The topological polar surface area (TPSA) is 51.0 Å². The molecule has 25 heavy (non-hydrogen) atoms. The Balaban J connectivity index is 1.47. The lowest BCUT2D eigenvalue weighted by Gasteiger charge is -2.35. The fourth-order valence-electron chi connectivity index (χ4n) is 3.57. The highest BCUT2D eigenvalue weighted by Crippen LogP contribution is 2.41. The first kappa shape index (κ1) is 17.1. The normalized spacial score (nSPS) is 20.8. The molecule has 0 radical (unpaired) electrons. The predicted octanol–water partition coefficient (Wildman–Crippen LogP) is 4.22. The Morgan fingerprint density at radius 3 is 2.92 bits per heavy atom. The highest BCUT2D eigenvalue weighted by molar-refractivity contribution is 7.99. The summed E-state index contributed by atoms with van der Waals surface area (Å²) < 4.78 is 2.25. The summed E-state index contributed by atoms with van der Waals surface area (Å²) in [6, 6.07) is 5.06. The minimum absolute atomic E-state index is 0.250. The van der Waals surface area contributed by atoms with Crippen LogP contribution in [0.3, 0.4) is 0 Å². The zero-order valence-corrected chi connectivity index (χ0v) is 16.2. The minimum Gasteiger partial charge on any atom is -0.339 e. The van der Waals surface area contributed by atoms with Gasteiger partial charge < -0.3 is 4.90 Å². The zero-order chi connectivity index (χ0) is 17.2. The van der Waals surface area contributed by atoms with Gasteiger partial charge in [0.25, 0.3) is 0 Å². The third-order valence-corrected chi connectivity index (χ3v) is 6.86. The Hall–Kier alpha value is -1.34. The van der Waals surface area contributed by atoms with Crippen LogP contribution >= 0.6 is 23.1 Å². The molecule has 1 saturated carbocycles. The largest absolute Gasteiger partial charge is 0.339 e. The molecular formula is C18H24N4OS2. The van der Waals surface area contributed by atoms with E-state index in [0.717, 1.165) is 41.7 Å². The maximum atomic E-state index is 12.7. The second kappa shape index (κ2) is 7.50. The summed E-state index contributed by atoms with van der Waals surface area (Å²) >= 11 is 3.24. The molecule has 4 rings (SSSR count). The van der Waals surface area contributed by atoms with Crippen molar-refractivity contribution in [2.24, 2.45) is 0 Å². The lowest BCUT2D eigenvalue weighted by Crippen LogP contribution is -2.44. The zero-order valence-electron chi connectivity index (χ0n) is 14.6. The molecule has 2 aliphatic rings. The van der Waals surface area contributed by atoms with Crippen molar-refractivity contribution in [1.82, 2.24) is 19.7 Å². The molecule has 1 aliphatic heterocycles. The molecule has 0 bridgehead atoms. The van der Waals surface area contributed by atoms with Gasteiger partial charge in [-0.25, -0.2) is 0 Å². The van der Waals surface area contributed by atoms with Gasteiger partial charge in [-0.1, -0.05) is 24.8 Å². The van der Waals surface area contributed by atoms with Crippen molar-refractivity contribution in [1.29, 1.82) is 0 Å². The fraction of sp³-hybridized carbons (Fsp3) is 0.611. The summed E-state index contributed by atoms with van der Waals surface area (Å²) in [4.78, 5) is 16.0. The molecule has 1 saturated heterocycles. The molecule has 0 unspecified atom stereocenters. The van der Waals surface area contributed by atoms with Crippen LogP contribution in [0.25, 0.3) is 10.7 Å². The number of aromatic nitrogens is 3. The molecule has 2 aromatic rings. The maximum absolute atomic E-state index is 12.7. The molecule has 5 nitrogen and oxygen atoms in total. The standard InChI is InChI=1S/C18H24N4OS2/c1-2-13-6-3-4-10-21(13)16(23)12-25-18-20-19-17(15-7-5-11-24-15)22(18)14-8-9-14/h5,7,11,13-14H,2-4,6,8-10,12H2,1H3/t13-/m1/s1. The van der Waals surface area contributed by atoms with Gasteiger partial charge in [-0.05, 0) is 50.0 Å². The van der Waals surface area contributed by atoms with Gasteiger partial charge >= 0.3 is 0 Å². The van der Waals surface area contributed by atoms with E-state index in [1.54, 1.807) is 23.1 Å². The molecule has 1 aliphatic carbocycles. The van der Waals surface area contributed by atoms with E-state index in [2.05, 4.69) is 38.0 Å². The molecule has 2 aromatic heterocycles. The van der Waals surface area contributed by atoms with Gasteiger partial charge in [-0.2, -0.15) is 0 Å². The van der Waals surface area contributed by atoms with E-state index >= 15 is 0 Å². The summed E-state index contributed by atoms with van der Waals surface area (Å²) in [6.07, 6.45) is 6.94. The minimum atomic E-state index is 0.250. The highest BCUT2D eigenvalue weighted by Gasteiger charge is 2.31. The number of hydrogen-bond donors (Lipinski definition) is 0. The van der Waals surface area contributed by atoms with Crippen LogP contribution in [-0.4, -0.2) is 43.9 Å². The monoisotopic (exact) mass is 376 g/mol. The Morgan fingerprint density at radius 1 is 1.32 bits per heavy atom. The smallest absolute Gasteiger partial charge is 0.233 e. The van der Waals surface area contributed by atoms with Gasteiger partial charge in [0.1, 0.15) is 0 Å². The lowest BCUT2D eigenvalue weighted by molar-refractivity contribution is -0.132. The van der Waals surface area contributed by atoms with Crippen molar-refractivity contribution in [2.75, 3.05) is 12.3 Å². The van der Waals surface area contributed by atoms with Crippen molar-refractivity contribution in [3.05, 3.63) is 17.5 Å². The van der Waals surface area contributed by atoms with Crippen LogP contribution in [0.2, 0.25) is 0 Å². The number of piperidine rings is 1. The van der Waals surface area contributed by atoms with E-state index in [-0.39, 0.29) is 5.91 Å². The average Bonchev–Trinajstić information content (AvgIpc) is 3.17. The first-order valence-corrected chi connectivity index (χ1v) is 11.1. The summed E-state index contributed by atoms with van der Waals surface area (Å²) in [5, 5.41) is 11.8. The Labute approximate surface area is 156 Å². The summed E-state index contributed by atoms with van der Waals surface area (Å²) in [7, 11) is 0. The second-order valence-electron chi connectivity index (χ2n) is 6.82. The summed E-state index contributed by atoms with van der Waals surface area (Å²) in [5.74, 6) is 1.67. The van der Waals surface area contributed by atoms with E-state index in [1.807, 2.05) is 6.07 Å². The number of carbonyl (C=O) groups is 1. The SMILES string of the molecule is CC[C@@H]1CCCCN1C(=O)CSc1nnc(-c2cccs2)n1C1CC1. The maximum Gasteiger partial charge on any atom is 0.233 e. The number of amides is 1. The van der Waals surface area contributed by atoms with E-state index < -0.39 is 0 Å². The van der Waals surface area contributed by atoms with Gasteiger partial charge in [0.15, 0.2) is 11.0 Å².